The topological polar surface area (TPSA) is 43.8 Å². The van der Waals surface area contributed by atoms with E-state index < -0.39 is 5.97 Å². The number of rotatable bonds is 4. The minimum Gasteiger partial charge on any atom is -0.478 e. The number of anilines is 1. The fraction of sp³-hybridized carbons (Fsp3) is 0.381. The van der Waals surface area contributed by atoms with E-state index in [0.717, 1.165) is 56.6 Å². The molecule has 0 radical (unpaired) electrons. The lowest BCUT2D eigenvalue weighted by Gasteiger charge is -2.38. The normalized spacial score (nSPS) is 18.1. The molecular weight excluding hydrogens is 331 g/mol. The molecule has 0 aliphatic carbocycles. The Hall–Kier alpha value is -2.40. The predicted molar refractivity (Wildman–Crippen MR) is 99.2 cm³/mol. The molecule has 26 heavy (non-hydrogen) atoms. The lowest BCUT2D eigenvalue weighted by molar-refractivity contribution is 0.0697. The van der Waals surface area contributed by atoms with Crippen molar-refractivity contribution in [2.45, 2.75) is 31.8 Å². The van der Waals surface area contributed by atoms with Crippen molar-refractivity contribution < 1.29 is 14.3 Å². The molecule has 2 aliphatic rings. The van der Waals surface area contributed by atoms with Gasteiger partial charge < -0.3 is 10.0 Å². The number of likely N-dealkylation sites (tertiary alicyclic amines) is 1. The molecule has 0 bridgehead atoms. The van der Waals surface area contributed by atoms with Gasteiger partial charge in [-0.25, -0.2) is 9.18 Å². The summed E-state index contributed by atoms with van der Waals surface area (Å²) in [7, 11) is 0. The molecule has 0 unspecified atom stereocenters. The first kappa shape index (κ1) is 17.0. The molecular formula is C21H23FN2O2. The quantitative estimate of drug-likeness (QED) is 0.912. The van der Waals surface area contributed by atoms with E-state index in [0.29, 0.717) is 11.6 Å². The molecule has 2 aromatic rings. The average Bonchev–Trinajstić information content (AvgIpc) is 3.06. The maximum absolute atomic E-state index is 13.4. The maximum atomic E-state index is 13.4. The second-order valence-electron chi connectivity index (χ2n) is 7.23. The molecule has 136 valence electrons. The Kier molecular flexibility index (Phi) is 4.64. The summed E-state index contributed by atoms with van der Waals surface area (Å²) in [6.07, 6.45) is 3.14. The zero-order valence-electron chi connectivity index (χ0n) is 14.7. The average molecular weight is 354 g/mol. The Morgan fingerprint density at radius 2 is 1.81 bits per heavy atom. The van der Waals surface area contributed by atoms with Crippen molar-refractivity contribution in [3.05, 3.63) is 65.0 Å². The third kappa shape index (κ3) is 3.44. The Labute approximate surface area is 152 Å². The monoisotopic (exact) mass is 354 g/mol. The summed E-state index contributed by atoms with van der Waals surface area (Å²) in [5, 5.41) is 8.98. The van der Waals surface area contributed by atoms with Crippen molar-refractivity contribution in [2.24, 2.45) is 0 Å². The van der Waals surface area contributed by atoms with Crippen LogP contribution in [0.25, 0.3) is 0 Å². The Balaban J connectivity index is 1.34. The number of carboxylic acid groups (broad SMARTS) is 1. The largest absolute Gasteiger partial charge is 0.478 e. The van der Waals surface area contributed by atoms with Crippen LogP contribution in [0.5, 0.6) is 0 Å². The summed E-state index contributed by atoms with van der Waals surface area (Å²) >= 11 is 0. The lowest BCUT2D eigenvalue weighted by atomic mass is 10.0. The predicted octanol–water partition coefficient (Wildman–Crippen LogP) is 3.55. The molecule has 0 spiro atoms. The number of piperidine rings is 1. The minimum absolute atomic E-state index is 0.144. The summed E-state index contributed by atoms with van der Waals surface area (Å²) in [5.74, 6) is -1.03. The molecule has 2 heterocycles. The van der Waals surface area contributed by atoms with Crippen molar-refractivity contribution in [1.82, 2.24) is 4.90 Å². The van der Waals surface area contributed by atoms with Crippen LogP contribution >= 0.6 is 0 Å². The smallest absolute Gasteiger partial charge is 0.335 e. The summed E-state index contributed by atoms with van der Waals surface area (Å²) in [4.78, 5) is 15.8. The summed E-state index contributed by atoms with van der Waals surface area (Å²) in [6, 6.07) is 12.8. The van der Waals surface area contributed by atoms with Gasteiger partial charge in [-0.1, -0.05) is 12.1 Å². The van der Waals surface area contributed by atoms with Gasteiger partial charge in [-0.2, -0.15) is 0 Å². The van der Waals surface area contributed by atoms with Gasteiger partial charge >= 0.3 is 5.97 Å². The highest BCUT2D eigenvalue weighted by Gasteiger charge is 2.29. The van der Waals surface area contributed by atoms with Crippen LogP contribution in [0.4, 0.5) is 10.1 Å². The van der Waals surface area contributed by atoms with Gasteiger partial charge in [0.1, 0.15) is 5.82 Å². The number of nitrogens with zero attached hydrogens (tertiary/aromatic N) is 2. The molecule has 1 fully saturated rings. The SMILES string of the molecule is O=C(O)c1ccc(CN2CCC(N3CCc4cc(F)ccc43)CC2)cc1. The van der Waals surface area contributed by atoms with Gasteiger partial charge in [0.25, 0.3) is 0 Å². The fourth-order valence-corrected chi connectivity index (χ4v) is 4.18. The number of halogens is 1. The number of aromatic carboxylic acids is 1. The summed E-state index contributed by atoms with van der Waals surface area (Å²) in [6.45, 7) is 3.89. The van der Waals surface area contributed by atoms with E-state index in [1.807, 2.05) is 18.2 Å². The van der Waals surface area contributed by atoms with Crippen LogP contribution in [0, 0.1) is 5.82 Å². The van der Waals surface area contributed by atoms with Crippen molar-refractivity contribution in [2.75, 3.05) is 24.5 Å². The number of hydrogen-bond donors (Lipinski definition) is 1. The van der Waals surface area contributed by atoms with Gasteiger partial charge in [0.2, 0.25) is 0 Å². The molecule has 0 aromatic heterocycles. The van der Waals surface area contributed by atoms with E-state index in [2.05, 4.69) is 9.80 Å². The van der Waals surface area contributed by atoms with Gasteiger partial charge in [-0.05, 0) is 60.7 Å². The van der Waals surface area contributed by atoms with E-state index >= 15 is 0 Å². The Bertz CT molecular complexity index is 798. The van der Waals surface area contributed by atoms with Gasteiger partial charge in [0, 0.05) is 37.9 Å². The van der Waals surface area contributed by atoms with Crippen molar-refractivity contribution in [1.29, 1.82) is 0 Å². The number of hydrogen-bond acceptors (Lipinski definition) is 3. The molecule has 1 N–H and O–H groups in total. The molecule has 5 heteroatoms. The third-order valence-corrected chi connectivity index (χ3v) is 5.58. The molecule has 1 saturated heterocycles. The zero-order chi connectivity index (χ0) is 18.1. The van der Waals surface area contributed by atoms with Gasteiger partial charge in [-0.3, -0.25) is 4.90 Å². The summed E-state index contributed by atoms with van der Waals surface area (Å²) < 4.78 is 13.4. The Morgan fingerprint density at radius 1 is 1.08 bits per heavy atom. The van der Waals surface area contributed by atoms with Crippen LogP contribution in [0.15, 0.2) is 42.5 Å². The van der Waals surface area contributed by atoms with Crippen LogP contribution in [0.3, 0.4) is 0 Å². The third-order valence-electron chi connectivity index (χ3n) is 5.58. The van der Waals surface area contributed by atoms with E-state index in [1.54, 1.807) is 24.3 Å². The first-order valence-electron chi connectivity index (χ1n) is 9.20. The van der Waals surface area contributed by atoms with Crippen molar-refractivity contribution in [3.63, 3.8) is 0 Å². The minimum atomic E-state index is -0.886. The van der Waals surface area contributed by atoms with E-state index in [4.69, 9.17) is 5.11 Å². The van der Waals surface area contributed by atoms with E-state index in [1.165, 1.54) is 5.69 Å². The molecule has 2 aromatic carbocycles. The number of carboxylic acids is 1. The molecule has 0 saturated carbocycles. The van der Waals surface area contributed by atoms with Gasteiger partial charge in [0.15, 0.2) is 0 Å². The molecule has 0 atom stereocenters. The molecule has 2 aliphatic heterocycles. The first-order chi connectivity index (χ1) is 12.6. The second-order valence-corrected chi connectivity index (χ2v) is 7.23. The number of benzene rings is 2. The number of carbonyl (C=O) groups is 1. The maximum Gasteiger partial charge on any atom is 0.335 e. The zero-order valence-corrected chi connectivity index (χ0v) is 14.7. The van der Waals surface area contributed by atoms with E-state index in [9.17, 15) is 9.18 Å². The summed E-state index contributed by atoms with van der Waals surface area (Å²) in [5.41, 5.74) is 3.81. The standard InChI is InChI=1S/C21H23FN2O2/c22-18-5-6-20-17(13-18)7-12-24(20)19-8-10-23(11-9-19)14-15-1-3-16(4-2-15)21(25)26/h1-6,13,19H,7-12,14H2,(H,25,26). The Morgan fingerprint density at radius 3 is 2.50 bits per heavy atom. The van der Waals surface area contributed by atoms with Crippen molar-refractivity contribution >= 4 is 11.7 Å². The molecule has 4 rings (SSSR count). The van der Waals surface area contributed by atoms with Crippen LogP contribution in [-0.2, 0) is 13.0 Å². The highest BCUT2D eigenvalue weighted by Crippen LogP contribution is 2.33. The van der Waals surface area contributed by atoms with Gasteiger partial charge in [0.05, 0.1) is 5.56 Å². The number of fused-ring (bicyclic) bond motifs is 1. The molecule has 0 amide bonds. The van der Waals surface area contributed by atoms with Crippen molar-refractivity contribution in [3.8, 4) is 0 Å². The fourth-order valence-electron chi connectivity index (χ4n) is 4.18. The highest BCUT2D eigenvalue weighted by atomic mass is 19.1. The first-order valence-corrected chi connectivity index (χ1v) is 9.20. The van der Waals surface area contributed by atoms with Crippen LogP contribution in [0.2, 0.25) is 0 Å². The lowest BCUT2D eigenvalue weighted by Crippen LogP contribution is -2.44. The second kappa shape index (κ2) is 7.08. The van der Waals surface area contributed by atoms with Gasteiger partial charge in [-0.15, -0.1) is 0 Å². The van der Waals surface area contributed by atoms with Crippen LogP contribution in [-0.4, -0.2) is 41.7 Å². The van der Waals surface area contributed by atoms with E-state index in [-0.39, 0.29) is 5.82 Å². The van der Waals surface area contributed by atoms with Crippen LogP contribution in [0.1, 0.15) is 34.3 Å². The molecule has 4 nitrogen and oxygen atoms in total. The highest BCUT2D eigenvalue weighted by molar-refractivity contribution is 5.87. The van der Waals surface area contributed by atoms with Crippen LogP contribution < -0.4 is 4.90 Å².